The van der Waals surface area contributed by atoms with Crippen LogP contribution in [-0.2, 0) is 6.42 Å². The van der Waals surface area contributed by atoms with Crippen molar-refractivity contribution in [1.29, 1.82) is 0 Å². The quantitative estimate of drug-likeness (QED) is 0.575. The molecule has 0 bridgehead atoms. The molecule has 112 valence electrons. The third kappa shape index (κ3) is 4.67. The average molecular weight is 307 g/mol. The highest BCUT2D eigenvalue weighted by Gasteiger charge is 2.11. The third-order valence-corrected chi connectivity index (χ3v) is 3.38. The Morgan fingerprint density at radius 3 is 2.57 bits per heavy atom. The Labute approximate surface area is 126 Å². The van der Waals surface area contributed by atoms with Crippen molar-refractivity contribution in [1.82, 2.24) is 9.97 Å². The number of hydrogen-bond donors (Lipinski definition) is 2. The Hall–Kier alpha value is -2.22. The second-order valence-corrected chi connectivity index (χ2v) is 5.15. The first kappa shape index (κ1) is 15.2. The maximum Gasteiger partial charge on any atom is 0.276 e. The molecule has 2 N–H and O–H groups in total. The number of aromatic nitrogens is 2. The molecule has 2 heterocycles. The lowest BCUT2D eigenvalue weighted by Crippen LogP contribution is -2.09. The summed E-state index contributed by atoms with van der Waals surface area (Å²) in [6.45, 7) is 3.38. The van der Waals surface area contributed by atoms with Crippen LogP contribution in [0.4, 0.5) is 17.3 Å². The fourth-order valence-corrected chi connectivity index (χ4v) is 2.33. The summed E-state index contributed by atoms with van der Waals surface area (Å²) in [7, 11) is 0. The van der Waals surface area contributed by atoms with E-state index in [1.165, 1.54) is 12.1 Å². The van der Waals surface area contributed by atoms with Gasteiger partial charge in [-0.1, -0.05) is 6.92 Å². The van der Waals surface area contributed by atoms with Gasteiger partial charge in [0.1, 0.15) is 11.6 Å². The number of pyridine rings is 1. The maximum atomic E-state index is 11.0. The van der Waals surface area contributed by atoms with E-state index in [4.69, 9.17) is 0 Å². The fourth-order valence-electron chi connectivity index (χ4n) is 1.74. The van der Waals surface area contributed by atoms with E-state index in [-0.39, 0.29) is 5.69 Å². The van der Waals surface area contributed by atoms with Crippen LogP contribution in [0.25, 0.3) is 0 Å². The summed E-state index contributed by atoms with van der Waals surface area (Å²) in [5, 5.41) is 19.1. The molecule has 0 atom stereocenters. The SMILES string of the molecule is CCCNc1cc([N+](=O)[O-])cc(NCCc2cscn2)n1. The lowest BCUT2D eigenvalue weighted by atomic mass is 10.3. The van der Waals surface area contributed by atoms with Gasteiger partial charge in [-0.3, -0.25) is 10.1 Å². The molecule has 0 aromatic carbocycles. The molecule has 2 aromatic heterocycles. The zero-order valence-corrected chi connectivity index (χ0v) is 12.5. The smallest absolute Gasteiger partial charge is 0.276 e. The summed E-state index contributed by atoms with van der Waals surface area (Å²) in [5.74, 6) is 1.01. The first-order valence-corrected chi connectivity index (χ1v) is 7.64. The van der Waals surface area contributed by atoms with Gasteiger partial charge in [0.25, 0.3) is 5.69 Å². The first-order valence-electron chi connectivity index (χ1n) is 6.70. The van der Waals surface area contributed by atoms with Crippen molar-refractivity contribution < 1.29 is 4.92 Å². The van der Waals surface area contributed by atoms with E-state index in [1.807, 2.05) is 12.3 Å². The molecule has 0 radical (unpaired) electrons. The molecule has 8 heteroatoms. The van der Waals surface area contributed by atoms with Gasteiger partial charge in [-0.2, -0.15) is 0 Å². The van der Waals surface area contributed by atoms with Crippen molar-refractivity contribution in [2.24, 2.45) is 0 Å². The molecule has 0 spiro atoms. The van der Waals surface area contributed by atoms with E-state index in [9.17, 15) is 10.1 Å². The zero-order valence-electron chi connectivity index (χ0n) is 11.7. The highest BCUT2D eigenvalue weighted by atomic mass is 32.1. The van der Waals surface area contributed by atoms with E-state index in [0.29, 0.717) is 18.2 Å². The van der Waals surface area contributed by atoms with Gasteiger partial charge < -0.3 is 10.6 Å². The van der Waals surface area contributed by atoms with Crippen molar-refractivity contribution in [2.45, 2.75) is 19.8 Å². The van der Waals surface area contributed by atoms with Crippen LogP contribution in [0.2, 0.25) is 0 Å². The topological polar surface area (TPSA) is 93.0 Å². The van der Waals surface area contributed by atoms with Crippen LogP contribution in [0.1, 0.15) is 19.0 Å². The number of hydrogen-bond acceptors (Lipinski definition) is 7. The summed E-state index contributed by atoms with van der Waals surface area (Å²) < 4.78 is 0. The molecule has 0 aliphatic carbocycles. The number of anilines is 2. The third-order valence-electron chi connectivity index (χ3n) is 2.75. The van der Waals surface area contributed by atoms with Crippen LogP contribution in [0.3, 0.4) is 0 Å². The lowest BCUT2D eigenvalue weighted by molar-refractivity contribution is -0.384. The van der Waals surface area contributed by atoms with Crippen molar-refractivity contribution in [3.05, 3.63) is 38.8 Å². The Balaban J connectivity index is 2.02. The van der Waals surface area contributed by atoms with E-state index < -0.39 is 4.92 Å². The molecular weight excluding hydrogens is 290 g/mol. The van der Waals surface area contributed by atoms with Crippen LogP contribution in [0, 0.1) is 10.1 Å². The predicted molar refractivity (Wildman–Crippen MR) is 84.0 cm³/mol. The van der Waals surface area contributed by atoms with Gasteiger partial charge >= 0.3 is 0 Å². The van der Waals surface area contributed by atoms with Gasteiger partial charge in [-0.15, -0.1) is 11.3 Å². The number of nitro groups is 1. The normalized spacial score (nSPS) is 10.3. The van der Waals surface area contributed by atoms with Gasteiger partial charge in [0.15, 0.2) is 0 Å². The molecule has 0 unspecified atom stereocenters. The first-order chi connectivity index (χ1) is 10.2. The van der Waals surface area contributed by atoms with Crippen LogP contribution < -0.4 is 10.6 Å². The van der Waals surface area contributed by atoms with Crippen molar-refractivity contribution in [2.75, 3.05) is 23.7 Å². The van der Waals surface area contributed by atoms with Gasteiger partial charge in [0.2, 0.25) is 0 Å². The number of thiazole rings is 1. The summed E-state index contributed by atoms with van der Waals surface area (Å²) in [6, 6.07) is 2.89. The molecular formula is C13H17N5O2S. The summed E-state index contributed by atoms with van der Waals surface area (Å²) in [5.41, 5.74) is 2.82. The largest absolute Gasteiger partial charge is 0.370 e. The standard InChI is InChI=1S/C13H17N5O2S/c1-2-4-14-12-6-11(18(19)20)7-13(17-12)15-5-3-10-8-21-9-16-10/h6-9H,2-5H2,1H3,(H2,14,15,17). The van der Waals surface area contributed by atoms with Crippen LogP contribution in [0.5, 0.6) is 0 Å². The molecule has 2 rings (SSSR count). The number of nitrogens with one attached hydrogen (secondary N) is 2. The van der Waals surface area contributed by atoms with E-state index in [1.54, 1.807) is 16.8 Å². The van der Waals surface area contributed by atoms with Crippen LogP contribution in [-0.4, -0.2) is 28.0 Å². The Morgan fingerprint density at radius 1 is 1.29 bits per heavy atom. The molecule has 21 heavy (non-hydrogen) atoms. The van der Waals surface area contributed by atoms with Crippen molar-refractivity contribution >= 4 is 28.7 Å². The van der Waals surface area contributed by atoms with Crippen LogP contribution in [0.15, 0.2) is 23.0 Å². The average Bonchev–Trinajstić information content (AvgIpc) is 2.98. The molecule has 0 amide bonds. The molecule has 2 aromatic rings. The minimum atomic E-state index is -0.412. The summed E-state index contributed by atoms with van der Waals surface area (Å²) >= 11 is 1.55. The van der Waals surface area contributed by atoms with E-state index in [0.717, 1.165) is 25.1 Å². The minimum Gasteiger partial charge on any atom is -0.370 e. The maximum absolute atomic E-state index is 11.0. The Bertz CT molecular complexity index is 588. The monoisotopic (exact) mass is 307 g/mol. The van der Waals surface area contributed by atoms with Gasteiger partial charge in [-0.25, -0.2) is 9.97 Å². The summed E-state index contributed by atoms with van der Waals surface area (Å²) in [6.07, 6.45) is 1.68. The molecule has 7 nitrogen and oxygen atoms in total. The fraction of sp³-hybridized carbons (Fsp3) is 0.385. The van der Waals surface area contributed by atoms with Crippen molar-refractivity contribution in [3.8, 4) is 0 Å². The van der Waals surface area contributed by atoms with Crippen LogP contribution >= 0.6 is 11.3 Å². The highest BCUT2D eigenvalue weighted by molar-refractivity contribution is 7.07. The van der Waals surface area contributed by atoms with E-state index in [2.05, 4.69) is 20.6 Å². The zero-order chi connectivity index (χ0) is 15.1. The Kier molecular flexibility index (Phi) is 5.44. The van der Waals surface area contributed by atoms with Gasteiger partial charge in [0, 0.05) is 24.9 Å². The number of rotatable bonds is 8. The lowest BCUT2D eigenvalue weighted by Gasteiger charge is -2.08. The molecule has 0 saturated heterocycles. The Morgan fingerprint density at radius 2 is 2.00 bits per heavy atom. The highest BCUT2D eigenvalue weighted by Crippen LogP contribution is 2.20. The molecule has 0 fully saturated rings. The number of nitrogens with zero attached hydrogens (tertiary/aromatic N) is 3. The minimum absolute atomic E-state index is 0.0276. The van der Waals surface area contributed by atoms with E-state index >= 15 is 0 Å². The molecule has 0 aliphatic heterocycles. The molecule has 0 saturated carbocycles. The molecule has 0 aliphatic rings. The van der Waals surface area contributed by atoms with Gasteiger partial charge in [-0.05, 0) is 6.42 Å². The second-order valence-electron chi connectivity index (χ2n) is 4.44. The van der Waals surface area contributed by atoms with Gasteiger partial charge in [0.05, 0.1) is 28.3 Å². The van der Waals surface area contributed by atoms with Crippen molar-refractivity contribution in [3.63, 3.8) is 0 Å². The predicted octanol–water partition coefficient (Wildman–Crippen LogP) is 2.92. The summed E-state index contributed by atoms with van der Waals surface area (Å²) in [4.78, 5) is 19.1. The second kappa shape index (κ2) is 7.53.